The first-order valence-electron chi connectivity index (χ1n) is 30.0. The van der Waals surface area contributed by atoms with Crippen molar-refractivity contribution in [2.75, 3.05) is 29.6 Å². The Morgan fingerprint density at radius 3 is 0.930 bits per heavy atom. The predicted octanol–water partition coefficient (Wildman–Crippen LogP) is 18.2. The largest absolute Gasteiger partial charge is 0.443 e. The van der Waals surface area contributed by atoms with Crippen molar-refractivity contribution in [1.29, 1.82) is 0 Å². The van der Waals surface area contributed by atoms with Crippen molar-refractivity contribution >= 4 is 165 Å². The topological polar surface area (TPSA) is 270 Å². The van der Waals surface area contributed by atoms with Crippen LogP contribution in [-0.4, -0.2) is 106 Å². The number of halogens is 5. The van der Waals surface area contributed by atoms with Crippen molar-refractivity contribution in [1.82, 2.24) is 0 Å². The average molecular weight is 1910 g/mol. The number of carbonyl (C=O) groups excluding carboxylic acids is 10. The van der Waals surface area contributed by atoms with E-state index in [0.29, 0.717) is 30.9 Å². The van der Waals surface area contributed by atoms with Crippen LogP contribution in [0.25, 0.3) is 0 Å². The monoisotopic (exact) mass is 1900 g/mol. The number of amides is 10. The van der Waals surface area contributed by atoms with Gasteiger partial charge in [-0.1, -0.05) is 70.1 Å². The van der Waals surface area contributed by atoms with Gasteiger partial charge in [0.1, 0.15) is 33.6 Å². The van der Waals surface area contributed by atoms with Gasteiger partial charge in [0.2, 0.25) is 0 Å². The Morgan fingerprint density at radius 1 is 0.330 bits per heavy atom. The molecule has 0 saturated carbocycles. The molecule has 0 heterocycles. The summed E-state index contributed by atoms with van der Waals surface area (Å²) < 4.78 is 33.9. The normalized spacial score (nSPS) is 11.9. The molecule has 31 heteroatoms. The van der Waals surface area contributed by atoms with Crippen molar-refractivity contribution in [3.8, 4) is 0 Å². The SMILES string of the molecule is Cc1cc(N(C(=O)[C-]=NN(C(=O)OC(C)(C)C)c2cc(C(=O)N(C(=O)OC(C)(C)C)c3cccc(Cl)c3C)ccc2Cl)C(=O)OC(C)(C)C)c(Cl)cc1N(C(=O)[C-]=NN(C(=O)OC(C)(C)C)c1cc(C(=O)N(C(=O)OC(C)(C)C)c2cccc(Cl)c2C)ccc1Cl)C(=O)OC(C)(C)C.[Ac].[Ac]. The van der Waals surface area contributed by atoms with Gasteiger partial charge >= 0.3 is 36.6 Å². The first kappa shape index (κ1) is 88.3. The Bertz CT molecular complexity index is 3800. The molecule has 0 aromatic heterocycles. The average Bonchev–Trinajstić information content (AvgIpc) is 0.790. The Morgan fingerprint density at radius 2 is 0.620 bits per heavy atom. The van der Waals surface area contributed by atoms with Gasteiger partial charge in [0.25, 0.3) is 11.8 Å². The maximum Gasteiger partial charge on any atom is 0.433 e. The minimum Gasteiger partial charge on any atom is -0.443 e. The number of rotatable bonds is 12. The van der Waals surface area contributed by atoms with Crippen LogP contribution in [0.3, 0.4) is 0 Å². The number of carbonyl (C=O) groups is 10. The van der Waals surface area contributed by atoms with Crippen LogP contribution in [0.15, 0.2) is 95.1 Å². The smallest absolute Gasteiger partial charge is 0.433 e. The van der Waals surface area contributed by atoms with Gasteiger partial charge in [-0.3, -0.25) is 22.0 Å². The van der Waals surface area contributed by atoms with Crippen LogP contribution in [0.1, 0.15) is 162 Å². The molecule has 0 N–H and O–H groups in total. The van der Waals surface area contributed by atoms with E-state index in [0.717, 1.165) is 34.1 Å². The fraction of sp³-hybridized carbons (Fsp3) is 0.391. The van der Waals surface area contributed by atoms with Crippen LogP contribution in [-0.2, 0) is 38.0 Å². The number of anilines is 6. The molecule has 0 bridgehead atoms. The van der Waals surface area contributed by atoms with E-state index in [1.807, 2.05) is 0 Å². The molecule has 0 aliphatic carbocycles. The predicted molar refractivity (Wildman–Crippen MR) is 377 cm³/mol. The zero-order chi connectivity index (χ0) is 74.4. The van der Waals surface area contributed by atoms with E-state index in [-0.39, 0.29) is 142 Å². The van der Waals surface area contributed by atoms with E-state index >= 15 is 0 Å². The second kappa shape index (κ2) is 35.0. The molecule has 0 spiro atoms. The molecule has 10 amide bonds. The molecular formula is C69H77Ac2Cl5N8O16-2. The van der Waals surface area contributed by atoms with Gasteiger partial charge in [0.05, 0.1) is 61.0 Å². The number of ether oxygens (including phenoxy) is 6. The number of imide groups is 4. The standard InChI is InChI=1S/C69H77Cl5N8O16.2Ac/c1-38-32-51(78(59(88)94-65(7,8)9)55(84)37-76-82(63(92)98-69(19,20)21)53-34-42(29-31-46(53)73)57(86)80(61(90)96-67(13,14)15)49-27-23-25-44(71)40(49)3)47(74)35-50(38)77(58(87)93-64(4,5)6)54(83)36-75-81(62(91)97-68(16,17)18)52-33-41(28-30-45(52)72)56(85)79(60(89)95-66(10,11)12)48-26-22-24-43(70)39(48)2;;/h22-35H,1-21H3;;/q-2;;. The van der Waals surface area contributed by atoms with Crippen LogP contribution in [0.5, 0.6) is 0 Å². The van der Waals surface area contributed by atoms with Crippen LogP contribution in [0.2, 0.25) is 25.1 Å². The zero-order valence-corrected chi connectivity index (χ0v) is 72.5. The number of hydrogen-bond acceptors (Lipinski definition) is 18. The van der Waals surface area contributed by atoms with Crippen molar-refractivity contribution in [2.24, 2.45) is 10.2 Å². The van der Waals surface area contributed by atoms with E-state index < -0.39 is 116 Å². The molecular weight excluding hydrogens is 1830 g/mol. The molecule has 0 aliphatic rings. The number of benzene rings is 5. The summed E-state index contributed by atoms with van der Waals surface area (Å²) in [7, 11) is 0. The number of hydrogen-bond donors (Lipinski definition) is 0. The maximum absolute atomic E-state index is 14.8. The minimum atomic E-state index is -1.47. The minimum absolute atomic E-state index is 0. The number of hydrazone groups is 2. The molecule has 0 unspecified atom stereocenters. The van der Waals surface area contributed by atoms with Crippen LogP contribution < -0.4 is 29.6 Å². The fourth-order valence-corrected chi connectivity index (χ4v) is 9.27. The number of aryl methyl sites for hydroxylation is 1. The molecule has 5 aromatic rings. The van der Waals surface area contributed by atoms with Gasteiger partial charge < -0.3 is 48.2 Å². The number of nitrogens with zero attached hydrogens (tertiary/aromatic N) is 8. The Kier molecular flexibility index (Phi) is 30.9. The van der Waals surface area contributed by atoms with E-state index in [1.165, 1.54) is 139 Å². The van der Waals surface area contributed by atoms with Gasteiger partial charge in [-0.25, -0.2) is 48.4 Å². The summed E-state index contributed by atoms with van der Waals surface area (Å²) in [6.45, 7) is 32.1. The van der Waals surface area contributed by atoms with E-state index in [1.54, 1.807) is 67.5 Å². The molecule has 0 aliphatic heterocycles. The van der Waals surface area contributed by atoms with E-state index in [9.17, 15) is 47.9 Å². The molecule has 5 rings (SSSR count). The zero-order valence-electron chi connectivity index (χ0n) is 59.2. The van der Waals surface area contributed by atoms with Gasteiger partial charge in [-0.15, -0.1) is 0 Å². The molecule has 2 radical (unpaired) electrons. The molecule has 0 fully saturated rings. The summed E-state index contributed by atoms with van der Waals surface area (Å²) in [5.74, 6) is -4.89. The van der Waals surface area contributed by atoms with Crippen molar-refractivity contribution in [3.63, 3.8) is 0 Å². The summed E-state index contributed by atoms with van der Waals surface area (Å²) in [4.78, 5) is 146. The molecule has 5 aromatic carbocycles. The second-order valence-corrected chi connectivity index (χ2v) is 29.7. The van der Waals surface area contributed by atoms with E-state index in [2.05, 4.69) is 22.6 Å². The van der Waals surface area contributed by atoms with Crippen molar-refractivity contribution < 1.29 is 164 Å². The van der Waals surface area contributed by atoms with Gasteiger partial charge in [-0.2, -0.15) is 10.0 Å². The van der Waals surface area contributed by atoms with Crippen LogP contribution >= 0.6 is 58.0 Å². The van der Waals surface area contributed by atoms with Crippen molar-refractivity contribution in [3.05, 3.63) is 138 Å². The molecule has 0 saturated heterocycles. The van der Waals surface area contributed by atoms with Crippen LogP contribution in [0, 0.1) is 109 Å². The first-order valence-corrected chi connectivity index (χ1v) is 31.9. The first-order chi connectivity index (χ1) is 44.8. The quantitative estimate of drug-likeness (QED) is 0.0486. The Labute approximate surface area is 678 Å². The third-order valence-corrected chi connectivity index (χ3v) is 14.1. The summed E-state index contributed by atoms with van der Waals surface area (Å²) in [6, 6.07) is 18.2. The summed E-state index contributed by atoms with van der Waals surface area (Å²) in [6.07, 6.45) is -3.25. The third kappa shape index (κ3) is 24.6. The Hall–Kier alpha value is -5.93. The second-order valence-electron chi connectivity index (χ2n) is 27.7. The summed E-state index contributed by atoms with van der Waals surface area (Å²) in [5.41, 5.74) is -8.80. The molecule has 24 nitrogen and oxygen atoms in total. The van der Waals surface area contributed by atoms with Gasteiger partial charge in [0, 0.05) is 109 Å². The summed E-state index contributed by atoms with van der Waals surface area (Å²) >= 11 is 33.4. The molecule has 100 heavy (non-hydrogen) atoms. The fourth-order valence-electron chi connectivity index (χ4n) is 8.29. The summed E-state index contributed by atoms with van der Waals surface area (Å²) in [5, 5.41) is 8.40. The van der Waals surface area contributed by atoms with Crippen molar-refractivity contribution in [2.45, 2.75) is 179 Å². The molecule has 532 valence electrons. The maximum atomic E-state index is 14.8. The van der Waals surface area contributed by atoms with Gasteiger partial charge in [-0.05, 0) is 235 Å². The Balaban J connectivity index is 0.0000130. The third-order valence-electron chi connectivity index (χ3n) is 12.3. The molecule has 0 atom stereocenters. The van der Waals surface area contributed by atoms with Gasteiger partial charge in [0.15, 0.2) is 0 Å². The van der Waals surface area contributed by atoms with Crippen LogP contribution in [0.4, 0.5) is 62.9 Å². The van der Waals surface area contributed by atoms with E-state index in [4.69, 9.17) is 86.4 Å².